The van der Waals surface area contributed by atoms with Crippen LogP contribution in [0.1, 0.15) is 18.4 Å². The fourth-order valence-corrected chi connectivity index (χ4v) is 2.60. The van der Waals surface area contributed by atoms with Gasteiger partial charge in [-0.1, -0.05) is 0 Å². The third-order valence-electron chi connectivity index (χ3n) is 3.99. The normalized spacial score (nSPS) is 21.3. The van der Waals surface area contributed by atoms with Crippen LogP contribution in [0.15, 0.2) is 18.2 Å². The fourth-order valence-electron chi connectivity index (χ4n) is 2.60. The van der Waals surface area contributed by atoms with E-state index in [0.29, 0.717) is 6.42 Å². The van der Waals surface area contributed by atoms with Crippen molar-refractivity contribution in [2.75, 3.05) is 38.3 Å². The van der Waals surface area contributed by atoms with E-state index in [1.165, 1.54) is 5.69 Å². The highest BCUT2D eigenvalue weighted by molar-refractivity contribution is 5.54. The highest BCUT2D eigenvalue weighted by Crippen LogP contribution is 2.40. The molecule has 1 heterocycles. The zero-order valence-corrected chi connectivity index (χ0v) is 11.4. The summed E-state index contributed by atoms with van der Waals surface area (Å²) in [6.45, 7) is 3.42. The molecule has 4 nitrogen and oxygen atoms in total. The molecule has 0 atom stereocenters. The third-order valence-corrected chi connectivity index (χ3v) is 3.99. The van der Waals surface area contributed by atoms with Crippen molar-refractivity contribution in [3.8, 4) is 5.75 Å². The first-order chi connectivity index (χ1) is 9.20. The maximum atomic E-state index is 10.1. The average molecular weight is 263 g/mol. The molecule has 3 rings (SSSR count). The van der Waals surface area contributed by atoms with Gasteiger partial charge in [0.25, 0.3) is 0 Å². The van der Waals surface area contributed by atoms with Gasteiger partial charge in [0, 0.05) is 25.2 Å². The number of hydrogen-bond donors (Lipinski definition) is 1. The summed E-state index contributed by atoms with van der Waals surface area (Å²) in [5.41, 5.74) is 1.81. The van der Waals surface area contributed by atoms with Crippen LogP contribution in [0.5, 0.6) is 5.75 Å². The minimum absolute atomic E-state index is 0.489. The summed E-state index contributed by atoms with van der Waals surface area (Å²) in [5.74, 6) is 0.873. The van der Waals surface area contributed by atoms with Crippen LogP contribution in [0.25, 0.3) is 0 Å². The second-order valence-electron chi connectivity index (χ2n) is 5.50. The number of morpholine rings is 1. The van der Waals surface area contributed by atoms with Crippen molar-refractivity contribution in [3.63, 3.8) is 0 Å². The van der Waals surface area contributed by atoms with E-state index in [2.05, 4.69) is 17.0 Å². The molecule has 1 N–H and O–H groups in total. The molecule has 0 aromatic heterocycles. The first-order valence-corrected chi connectivity index (χ1v) is 6.92. The Kier molecular flexibility index (Phi) is 3.37. The first kappa shape index (κ1) is 12.8. The van der Waals surface area contributed by atoms with E-state index in [9.17, 15) is 5.11 Å². The van der Waals surface area contributed by atoms with Crippen molar-refractivity contribution in [1.29, 1.82) is 0 Å². The Morgan fingerprint density at radius 2 is 2.05 bits per heavy atom. The Labute approximate surface area is 113 Å². The molecule has 0 radical (unpaired) electrons. The number of anilines is 1. The Balaban J connectivity index is 1.83. The lowest BCUT2D eigenvalue weighted by Crippen LogP contribution is -2.36. The van der Waals surface area contributed by atoms with Crippen molar-refractivity contribution in [2.24, 2.45) is 0 Å². The van der Waals surface area contributed by atoms with Gasteiger partial charge in [-0.15, -0.1) is 0 Å². The van der Waals surface area contributed by atoms with Gasteiger partial charge in [-0.3, -0.25) is 0 Å². The van der Waals surface area contributed by atoms with Crippen LogP contribution >= 0.6 is 0 Å². The summed E-state index contributed by atoms with van der Waals surface area (Å²) < 4.78 is 10.8. The summed E-state index contributed by atoms with van der Waals surface area (Å²) in [7, 11) is 1.68. The number of aliphatic hydroxyl groups is 1. The monoisotopic (exact) mass is 263 g/mol. The molecule has 1 aromatic rings. The lowest BCUT2D eigenvalue weighted by Gasteiger charge is -2.29. The van der Waals surface area contributed by atoms with E-state index in [0.717, 1.165) is 50.5 Å². The Hall–Kier alpha value is -1.26. The summed E-state index contributed by atoms with van der Waals surface area (Å²) >= 11 is 0. The van der Waals surface area contributed by atoms with Crippen LogP contribution in [-0.2, 0) is 11.2 Å². The quantitative estimate of drug-likeness (QED) is 0.896. The molecule has 0 bridgehead atoms. The smallest absolute Gasteiger partial charge is 0.122 e. The standard InChI is InChI=1S/C15H21NO3/c1-18-14-3-2-13(16-6-8-19-9-7-16)10-12(14)11-15(17)4-5-15/h2-3,10,17H,4-9,11H2,1H3. The lowest BCUT2D eigenvalue weighted by molar-refractivity contribution is 0.122. The molecule has 1 aliphatic heterocycles. The van der Waals surface area contributed by atoms with Gasteiger partial charge in [0.2, 0.25) is 0 Å². The number of hydrogen-bond acceptors (Lipinski definition) is 4. The van der Waals surface area contributed by atoms with Crippen LogP contribution in [0.4, 0.5) is 5.69 Å². The molecule has 0 spiro atoms. The molecular weight excluding hydrogens is 242 g/mol. The van der Waals surface area contributed by atoms with Crippen molar-refractivity contribution in [1.82, 2.24) is 0 Å². The van der Waals surface area contributed by atoms with Crippen LogP contribution in [0.2, 0.25) is 0 Å². The topological polar surface area (TPSA) is 41.9 Å². The number of ether oxygens (including phenoxy) is 2. The second-order valence-corrected chi connectivity index (χ2v) is 5.50. The summed E-state index contributed by atoms with van der Waals surface area (Å²) in [5, 5.41) is 10.1. The highest BCUT2D eigenvalue weighted by Gasteiger charge is 2.40. The van der Waals surface area contributed by atoms with Crippen LogP contribution in [0, 0.1) is 0 Å². The number of nitrogens with zero attached hydrogens (tertiary/aromatic N) is 1. The molecule has 4 heteroatoms. The van der Waals surface area contributed by atoms with Gasteiger partial charge in [0.1, 0.15) is 5.75 Å². The Bertz CT molecular complexity index is 451. The summed E-state index contributed by atoms with van der Waals surface area (Å²) in [6, 6.07) is 6.25. The molecule has 2 fully saturated rings. The Morgan fingerprint density at radius 3 is 2.68 bits per heavy atom. The minimum atomic E-state index is -0.489. The first-order valence-electron chi connectivity index (χ1n) is 6.92. The largest absolute Gasteiger partial charge is 0.496 e. The fraction of sp³-hybridized carbons (Fsp3) is 0.600. The third kappa shape index (κ3) is 2.85. The van der Waals surface area contributed by atoms with E-state index in [4.69, 9.17) is 9.47 Å². The van der Waals surface area contributed by atoms with Gasteiger partial charge >= 0.3 is 0 Å². The van der Waals surface area contributed by atoms with E-state index in [1.807, 2.05) is 6.07 Å². The van der Waals surface area contributed by atoms with Crippen molar-refractivity contribution >= 4 is 5.69 Å². The Morgan fingerprint density at radius 1 is 1.32 bits per heavy atom. The predicted molar refractivity (Wildman–Crippen MR) is 73.9 cm³/mol. The van der Waals surface area contributed by atoms with E-state index < -0.39 is 5.60 Å². The van der Waals surface area contributed by atoms with Crippen molar-refractivity contribution < 1.29 is 14.6 Å². The van der Waals surface area contributed by atoms with Crippen LogP contribution < -0.4 is 9.64 Å². The number of benzene rings is 1. The summed E-state index contributed by atoms with van der Waals surface area (Å²) in [6.07, 6.45) is 2.49. The van der Waals surface area contributed by atoms with Crippen molar-refractivity contribution in [3.05, 3.63) is 23.8 Å². The van der Waals surface area contributed by atoms with Crippen LogP contribution in [0.3, 0.4) is 0 Å². The molecule has 0 amide bonds. The molecule has 2 aliphatic rings. The van der Waals surface area contributed by atoms with Crippen molar-refractivity contribution in [2.45, 2.75) is 24.9 Å². The van der Waals surface area contributed by atoms with Gasteiger partial charge < -0.3 is 19.5 Å². The molecule has 1 aliphatic carbocycles. The van der Waals surface area contributed by atoms with E-state index in [-0.39, 0.29) is 0 Å². The molecule has 0 unspecified atom stereocenters. The van der Waals surface area contributed by atoms with Gasteiger partial charge in [-0.25, -0.2) is 0 Å². The molecule has 1 aromatic carbocycles. The molecule has 104 valence electrons. The summed E-state index contributed by atoms with van der Waals surface area (Å²) in [4.78, 5) is 2.32. The predicted octanol–water partition coefficient (Wildman–Crippen LogP) is 1.60. The van der Waals surface area contributed by atoms with E-state index >= 15 is 0 Å². The lowest BCUT2D eigenvalue weighted by atomic mass is 10.0. The number of methoxy groups -OCH3 is 1. The minimum Gasteiger partial charge on any atom is -0.496 e. The molecular formula is C15H21NO3. The SMILES string of the molecule is COc1ccc(N2CCOCC2)cc1CC1(O)CC1. The van der Waals surface area contributed by atoms with Gasteiger partial charge in [-0.2, -0.15) is 0 Å². The molecule has 1 saturated heterocycles. The molecule has 19 heavy (non-hydrogen) atoms. The van der Waals surface area contributed by atoms with Gasteiger partial charge in [0.05, 0.1) is 25.9 Å². The van der Waals surface area contributed by atoms with Crippen LogP contribution in [-0.4, -0.2) is 44.1 Å². The number of rotatable bonds is 4. The van der Waals surface area contributed by atoms with Gasteiger partial charge in [0.15, 0.2) is 0 Å². The zero-order valence-electron chi connectivity index (χ0n) is 11.4. The highest BCUT2D eigenvalue weighted by atomic mass is 16.5. The maximum absolute atomic E-state index is 10.1. The maximum Gasteiger partial charge on any atom is 0.122 e. The van der Waals surface area contributed by atoms with E-state index in [1.54, 1.807) is 7.11 Å². The zero-order chi connectivity index (χ0) is 13.3. The average Bonchev–Trinajstić information content (AvgIpc) is 3.17. The van der Waals surface area contributed by atoms with Gasteiger partial charge in [-0.05, 0) is 36.6 Å². The molecule has 1 saturated carbocycles. The second kappa shape index (κ2) is 5.02.